The SMILES string of the molecule is C=CCn1c(Br)c(C#N)c2c(N)ncnc21. The van der Waals surface area contributed by atoms with Gasteiger partial charge in [-0.25, -0.2) is 9.97 Å². The summed E-state index contributed by atoms with van der Waals surface area (Å²) in [7, 11) is 0. The minimum Gasteiger partial charge on any atom is -0.383 e. The van der Waals surface area contributed by atoms with E-state index >= 15 is 0 Å². The van der Waals surface area contributed by atoms with Gasteiger partial charge in [0, 0.05) is 6.54 Å². The Morgan fingerprint density at radius 2 is 2.38 bits per heavy atom. The van der Waals surface area contributed by atoms with Crippen molar-refractivity contribution in [1.29, 1.82) is 5.26 Å². The first-order chi connectivity index (χ1) is 7.70. The number of hydrogen-bond donors (Lipinski definition) is 1. The van der Waals surface area contributed by atoms with Crippen LogP contribution in [0.3, 0.4) is 0 Å². The Morgan fingerprint density at radius 1 is 1.62 bits per heavy atom. The molecule has 0 bridgehead atoms. The molecule has 2 heterocycles. The highest BCUT2D eigenvalue weighted by atomic mass is 79.9. The molecule has 5 nitrogen and oxygen atoms in total. The lowest BCUT2D eigenvalue weighted by Gasteiger charge is -2.01. The molecule has 80 valence electrons. The minimum absolute atomic E-state index is 0.310. The summed E-state index contributed by atoms with van der Waals surface area (Å²) in [6.07, 6.45) is 3.11. The summed E-state index contributed by atoms with van der Waals surface area (Å²) in [4.78, 5) is 8.02. The van der Waals surface area contributed by atoms with Gasteiger partial charge in [-0.2, -0.15) is 5.26 Å². The van der Waals surface area contributed by atoms with Crippen molar-refractivity contribution in [3.8, 4) is 6.07 Å². The van der Waals surface area contributed by atoms with Gasteiger partial charge in [0.15, 0.2) is 0 Å². The van der Waals surface area contributed by atoms with Crippen LogP contribution in [-0.2, 0) is 6.54 Å². The number of nitrogens with zero attached hydrogens (tertiary/aromatic N) is 4. The lowest BCUT2D eigenvalue weighted by Crippen LogP contribution is -1.98. The van der Waals surface area contributed by atoms with Gasteiger partial charge in [-0.1, -0.05) is 6.08 Å². The second kappa shape index (κ2) is 3.94. The summed E-state index contributed by atoms with van der Waals surface area (Å²) in [6, 6.07) is 2.10. The smallest absolute Gasteiger partial charge is 0.148 e. The summed E-state index contributed by atoms with van der Waals surface area (Å²) in [5, 5.41) is 9.67. The highest BCUT2D eigenvalue weighted by molar-refractivity contribution is 9.10. The van der Waals surface area contributed by atoms with Crippen molar-refractivity contribution in [3.05, 3.63) is 29.1 Å². The van der Waals surface area contributed by atoms with Crippen molar-refractivity contribution in [1.82, 2.24) is 14.5 Å². The topological polar surface area (TPSA) is 80.5 Å². The fourth-order valence-corrected chi connectivity index (χ4v) is 2.16. The first-order valence-corrected chi connectivity index (χ1v) is 5.29. The first kappa shape index (κ1) is 10.6. The maximum Gasteiger partial charge on any atom is 0.148 e. The van der Waals surface area contributed by atoms with Crippen molar-refractivity contribution < 1.29 is 0 Å². The average Bonchev–Trinajstić information content (AvgIpc) is 2.54. The van der Waals surface area contributed by atoms with Crippen molar-refractivity contribution in [2.24, 2.45) is 0 Å². The van der Waals surface area contributed by atoms with E-state index in [2.05, 4.69) is 38.5 Å². The molecule has 0 aliphatic carbocycles. The number of aromatic nitrogens is 3. The first-order valence-electron chi connectivity index (χ1n) is 4.49. The van der Waals surface area contributed by atoms with Gasteiger partial charge in [0.25, 0.3) is 0 Å². The molecule has 16 heavy (non-hydrogen) atoms. The van der Waals surface area contributed by atoms with Gasteiger partial charge in [-0.05, 0) is 15.9 Å². The zero-order valence-corrected chi connectivity index (χ0v) is 9.90. The van der Waals surface area contributed by atoms with Crippen LogP contribution in [0.1, 0.15) is 5.56 Å². The van der Waals surface area contributed by atoms with E-state index in [1.165, 1.54) is 6.33 Å². The third-order valence-electron chi connectivity index (χ3n) is 2.23. The highest BCUT2D eigenvalue weighted by Gasteiger charge is 2.17. The van der Waals surface area contributed by atoms with E-state index < -0.39 is 0 Å². The number of nitrogens with two attached hydrogens (primary N) is 1. The number of nitrogen functional groups attached to an aromatic ring is 1. The van der Waals surface area contributed by atoms with Gasteiger partial charge in [0.2, 0.25) is 0 Å². The molecule has 0 aromatic carbocycles. The van der Waals surface area contributed by atoms with Crippen LogP contribution in [0.2, 0.25) is 0 Å². The maximum atomic E-state index is 9.09. The molecular weight excluding hydrogens is 270 g/mol. The van der Waals surface area contributed by atoms with Crippen LogP contribution in [0.15, 0.2) is 23.6 Å². The Morgan fingerprint density at radius 3 is 3.00 bits per heavy atom. The summed E-state index contributed by atoms with van der Waals surface area (Å²) in [5.41, 5.74) is 6.84. The molecule has 0 aliphatic rings. The quantitative estimate of drug-likeness (QED) is 0.850. The van der Waals surface area contributed by atoms with Crippen LogP contribution in [0.5, 0.6) is 0 Å². The van der Waals surface area contributed by atoms with Gasteiger partial charge in [0.1, 0.15) is 28.5 Å². The number of allylic oxidation sites excluding steroid dienone is 1. The van der Waals surface area contributed by atoms with E-state index in [0.29, 0.717) is 33.6 Å². The van der Waals surface area contributed by atoms with Crippen LogP contribution in [0.4, 0.5) is 5.82 Å². The molecular formula is C10H8BrN5. The Kier molecular flexibility index (Phi) is 2.62. The van der Waals surface area contributed by atoms with Gasteiger partial charge in [-0.15, -0.1) is 6.58 Å². The van der Waals surface area contributed by atoms with Crippen LogP contribution >= 0.6 is 15.9 Å². The third kappa shape index (κ3) is 1.37. The van der Waals surface area contributed by atoms with Crippen LogP contribution in [0.25, 0.3) is 11.0 Å². The summed E-state index contributed by atoms with van der Waals surface area (Å²) < 4.78 is 2.47. The molecule has 0 saturated heterocycles. The molecule has 0 spiro atoms. The van der Waals surface area contributed by atoms with Gasteiger partial charge in [-0.3, -0.25) is 0 Å². The number of nitriles is 1. The molecule has 0 aliphatic heterocycles. The van der Waals surface area contributed by atoms with Crippen molar-refractivity contribution in [2.45, 2.75) is 6.54 Å². The van der Waals surface area contributed by atoms with Gasteiger partial charge >= 0.3 is 0 Å². The Bertz CT molecular complexity index is 608. The number of halogens is 1. The second-order valence-corrected chi connectivity index (χ2v) is 3.89. The highest BCUT2D eigenvalue weighted by Crippen LogP contribution is 2.31. The molecule has 6 heteroatoms. The second-order valence-electron chi connectivity index (χ2n) is 3.13. The molecule has 0 amide bonds. The molecule has 2 N–H and O–H groups in total. The monoisotopic (exact) mass is 277 g/mol. The van der Waals surface area contributed by atoms with Gasteiger partial charge in [0.05, 0.1) is 10.9 Å². The average molecular weight is 278 g/mol. The molecule has 0 saturated carbocycles. The summed E-state index contributed by atoms with van der Waals surface area (Å²) in [5.74, 6) is 0.310. The molecule has 2 aromatic rings. The van der Waals surface area contributed by atoms with E-state index in [1.54, 1.807) is 6.08 Å². The largest absolute Gasteiger partial charge is 0.383 e. The number of hydrogen-bond acceptors (Lipinski definition) is 4. The zero-order valence-electron chi connectivity index (χ0n) is 8.31. The van der Waals surface area contributed by atoms with Gasteiger partial charge < -0.3 is 10.3 Å². The van der Waals surface area contributed by atoms with Crippen LogP contribution in [0, 0.1) is 11.3 Å². The maximum absolute atomic E-state index is 9.09. The fraction of sp³-hybridized carbons (Fsp3) is 0.100. The van der Waals surface area contributed by atoms with Crippen LogP contribution < -0.4 is 5.73 Å². The molecule has 0 atom stereocenters. The van der Waals surface area contributed by atoms with E-state index in [4.69, 9.17) is 11.0 Å². The Balaban J connectivity index is 2.93. The van der Waals surface area contributed by atoms with Crippen molar-refractivity contribution >= 4 is 32.8 Å². The van der Waals surface area contributed by atoms with E-state index in [1.807, 2.05) is 4.57 Å². The molecule has 2 aromatic heterocycles. The number of rotatable bonds is 2. The zero-order chi connectivity index (χ0) is 11.7. The van der Waals surface area contributed by atoms with Crippen molar-refractivity contribution in [3.63, 3.8) is 0 Å². The van der Waals surface area contributed by atoms with E-state index in [0.717, 1.165) is 0 Å². The summed E-state index contributed by atoms with van der Waals surface area (Å²) >= 11 is 3.36. The minimum atomic E-state index is 0.310. The fourth-order valence-electron chi connectivity index (χ4n) is 1.56. The van der Waals surface area contributed by atoms with Crippen LogP contribution in [-0.4, -0.2) is 14.5 Å². The summed E-state index contributed by atoms with van der Waals surface area (Å²) in [6.45, 7) is 4.21. The lowest BCUT2D eigenvalue weighted by molar-refractivity contribution is 0.828. The molecule has 0 fully saturated rings. The predicted molar refractivity (Wildman–Crippen MR) is 64.6 cm³/mol. The number of anilines is 1. The number of fused-ring (bicyclic) bond motifs is 1. The molecule has 0 unspecified atom stereocenters. The van der Waals surface area contributed by atoms with E-state index in [9.17, 15) is 0 Å². The Hall–Kier alpha value is -1.87. The van der Waals surface area contributed by atoms with Crippen molar-refractivity contribution in [2.75, 3.05) is 5.73 Å². The molecule has 0 radical (unpaired) electrons. The molecule has 2 rings (SSSR count). The normalized spacial score (nSPS) is 10.2. The Labute approximate surface area is 100 Å². The predicted octanol–water partition coefficient (Wildman–Crippen LogP) is 1.83. The van der Waals surface area contributed by atoms with E-state index in [-0.39, 0.29) is 0 Å². The lowest BCUT2D eigenvalue weighted by atomic mass is 10.2. The standard InChI is InChI=1S/C10H8BrN5/c1-2-3-16-8(11)6(4-12)7-9(13)14-5-15-10(7)16/h2,5H,1,3H2,(H2,13,14,15). The third-order valence-corrected chi connectivity index (χ3v) is 3.05.